The number of nitrogens with two attached hydrogens (primary N) is 2. The highest BCUT2D eigenvalue weighted by Gasteiger charge is 2.26. The second-order valence-corrected chi connectivity index (χ2v) is 6.38. The lowest BCUT2D eigenvalue weighted by Gasteiger charge is -2.33. The second kappa shape index (κ2) is 9.39. The molecule has 0 spiro atoms. The SMILES string of the molecule is CCc1ccc(NC(=O)OCC2CCN(C(=O)C(N)CN)CC2)cc1. The summed E-state index contributed by atoms with van der Waals surface area (Å²) in [4.78, 5) is 25.6. The zero-order valence-electron chi connectivity index (χ0n) is 14.7. The monoisotopic (exact) mass is 348 g/mol. The Labute approximate surface area is 148 Å². The summed E-state index contributed by atoms with van der Waals surface area (Å²) >= 11 is 0. The van der Waals surface area contributed by atoms with Crippen molar-refractivity contribution in [2.75, 3.05) is 31.6 Å². The van der Waals surface area contributed by atoms with Crippen LogP contribution in [0.1, 0.15) is 25.3 Å². The van der Waals surface area contributed by atoms with Crippen LogP contribution in [-0.2, 0) is 16.0 Å². The lowest BCUT2D eigenvalue weighted by atomic mass is 9.97. The Bertz CT molecular complexity index is 568. The van der Waals surface area contributed by atoms with Crippen molar-refractivity contribution in [2.24, 2.45) is 17.4 Å². The zero-order chi connectivity index (χ0) is 18.2. The van der Waals surface area contributed by atoms with Crippen LogP contribution in [0.15, 0.2) is 24.3 Å². The first-order chi connectivity index (χ1) is 12.0. The van der Waals surface area contributed by atoms with Crippen molar-refractivity contribution in [2.45, 2.75) is 32.2 Å². The number of anilines is 1. The van der Waals surface area contributed by atoms with Crippen LogP contribution in [0.3, 0.4) is 0 Å². The van der Waals surface area contributed by atoms with E-state index < -0.39 is 12.1 Å². The van der Waals surface area contributed by atoms with Crippen molar-refractivity contribution >= 4 is 17.7 Å². The summed E-state index contributed by atoms with van der Waals surface area (Å²) < 4.78 is 5.31. The van der Waals surface area contributed by atoms with Crippen molar-refractivity contribution in [3.05, 3.63) is 29.8 Å². The van der Waals surface area contributed by atoms with Crippen molar-refractivity contribution in [3.63, 3.8) is 0 Å². The highest BCUT2D eigenvalue weighted by molar-refractivity contribution is 5.84. The number of benzene rings is 1. The van der Waals surface area contributed by atoms with Gasteiger partial charge in [0.25, 0.3) is 0 Å². The van der Waals surface area contributed by atoms with E-state index in [2.05, 4.69) is 12.2 Å². The third-order valence-electron chi connectivity index (χ3n) is 4.56. The molecular weight excluding hydrogens is 320 g/mol. The molecule has 7 nitrogen and oxygen atoms in total. The van der Waals surface area contributed by atoms with Crippen LogP contribution < -0.4 is 16.8 Å². The molecule has 2 amide bonds. The minimum absolute atomic E-state index is 0.102. The molecule has 25 heavy (non-hydrogen) atoms. The molecule has 1 aliphatic heterocycles. The van der Waals surface area contributed by atoms with Crippen LogP contribution >= 0.6 is 0 Å². The first kappa shape index (κ1) is 19.2. The van der Waals surface area contributed by atoms with Gasteiger partial charge in [0.1, 0.15) is 0 Å². The summed E-state index contributed by atoms with van der Waals surface area (Å²) in [5.41, 5.74) is 13.0. The van der Waals surface area contributed by atoms with E-state index in [1.54, 1.807) is 4.90 Å². The Morgan fingerprint density at radius 2 is 1.92 bits per heavy atom. The van der Waals surface area contributed by atoms with E-state index in [1.807, 2.05) is 24.3 Å². The fourth-order valence-electron chi connectivity index (χ4n) is 2.83. The normalized spacial score (nSPS) is 16.4. The maximum Gasteiger partial charge on any atom is 0.411 e. The summed E-state index contributed by atoms with van der Waals surface area (Å²) in [6.07, 6.45) is 2.10. The number of hydrogen-bond donors (Lipinski definition) is 3. The summed E-state index contributed by atoms with van der Waals surface area (Å²) in [6.45, 7) is 3.84. The van der Waals surface area contributed by atoms with Gasteiger partial charge in [0, 0.05) is 25.3 Å². The van der Waals surface area contributed by atoms with Crippen molar-refractivity contribution < 1.29 is 14.3 Å². The van der Waals surface area contributed by atoms with E-state index in [1.165, 1.54) is 5.56 Å². The molecule has 1 heterocycles. The molecule has 1 saturated heterocycles. The molecule has 1 atom stereocenters. The first-order valence-corrected chi connectivity index (χ1v) is 8.80. The molecule has 7 heteroatoms. The van der Waals surface area contributed by atoms with Crippen LogP contribution in [0.5, 0.6) is 0 Å². The van der Waals surface area contributed by atoms with Gasteiger partial charge in [-0.05, 0) is 42.9 Å². The van der Waals surface area contributed by atoms with Gasteiger partial charge < -0.3 is 21.1 Å². The van der Waals surface area contributed by atoms with E-state index in [-0.39, 0.29) is 18.4 Å². The maximum absolute atomic E-state index is 12.0. The molecule has 0 bridgehead atoms. The average molecular weight is 348 g/mol. The quantitative estimate of drug-likeness (QED) is 0.718. The molecule has 0 saturated carbocycles. The van der Waals surface area contributed by atoms with Crippen LogP contribution in [0.25, 0.3) is 0 Å². The van der Waals surface area contributed by atoms with Crippen LogP contribution in [-0.4, -0.2) is 49.2 Å². The van der Waals surface area contributed by atoms with Crippen LogP contribution in [0.4, 0.5) is 10.5 Å². The number of rotatable bonds is 6. The number of carbonyl (C=O) groups is 2. The standard InChI is InChI=1S/C18H28N4O3/c1-2-13-3-5-15(6-4-13)21-18(24)25-12-14-7-9-22(10-8-14)17(23)16(20)11-19/h3-6,14,16H,2,7-12,19-20H2,1H3,(H,21,24). The predicted octanol–water partition coefficient (Wildman–Crippen LogP) is 1.32. The smallest absolute Gasteiger partial charge is 0.411 e. The van der Waals surface area contributed by atoms with E-state index in [4.69, 9.17) is 16.2 Å². The second-order valence-electron chi connectivity index (χ2n) is 6.38. The van der Waals surface area contributed by atoms with Gasteiger partial charge in [0.2, 0.25) is 5.91 Å². The van der Waals surface area contributed by atoms with E-state index >= 15 is 0 Å². The van der Waals surface area contributed by atoms with Crippen molar-refractivity contribution in [1.82, 2.24) is 4.90 Å². The number of carbonyl (C=O) groups excluding carboxylic acids is 2. The topological polar surface area (TPSA) is 111 Å². The zero-order valence-corrected chi connectivity index (χ0v) is 14.7. The summed E-state index contributed by atoms with van der Waals surface area (Å²) in [7, 11) is 0. The molecule has 1 aromatic carbocycles. The van der Waals surface area contributed by atoms with E-state index in [0.29, 0.717) is 19.7 Å². The molecular formula is C18H28N4O3. The number of piperidine rings is 1. The van der Waals surface area contributed by atoms with Gasteiger partial charge in [-0.2, -0.15) is 0 Å². The Morgan fingerprint density at radius 1 is 1.28 bits per heavy atom. The van der Waals surface area contributed by atoms with Crippen LogP contribution in [0, 0.1) is 5.92 Å². The van der Waals surface area contributed by atoms with E-state index in [0.717, 1.165) is 24.9 Å². The third kappa shape index (κ3) is 5.72. The molecule has 1 unspecified atom stereocenters. The van der Waals surface area contributed by atoms with Gasteiger partial charge in [-0.1, -0.05) is 19.1 Å². The molecule has 0 aliphatic carbocycles. The van der Waals surface area contributed by atoms with Gasteiger partial charge in [-0.25, -0.2) is 4.79 Å². The maximum atomic E-state index is 12.0. The molecule has 0 radical (unpaired) electrons. The molecule has 138 valence electrons. The Morgan fingerprint density at radius 3 is 2.48 bits per heavy atom. The lowest BCUT2D eigenvalue weighted by molar-refractivity contribution is -0.133. The number of amides is 2. The molecule has 5 N–H and O–H groups in total. The summed E-state index contributed by atoms with van der Waals surface area (Å²) in [5.74, 6) is 0.154. The van der Waals surface area contributed by atoms with Gasteiger partial charge in [-0.3, -0.25) is 10.1 Å². The fourth-order valence-corrected chi connectivity index (χ4v) is 2.83. The Balaban J connectivity index is 1.69. The largest absolute Gasteiger partial charge is 0.449 e. The number of nitrogens with zero attached hydrogens (tertiary/aromatic N) is 1. The number of aryl methyl sites for hydroxylation is 1. The average Bonchev–Trinajstić information content (AvgIpc) is 2.66. The first-order valence-electron chi connectivity index (χ1n) is 8.80. The number of ether oxygens (including phenoxy) is 1. The molecule has 1 aliphatic rings. The minimum atomic E-state index is -0.627. The van der Waals surface area contributed by atoms with Crippen LogP contribution in [0.2, 0.25) is 0 Å². The highest BCUT2D eigenvalue weighted by atomic mass is 16.5. The summed E-state index contributed by atoms with van der Waals surface area (Å²) in [6, 6.07) is 7.07. The van der Waals surface area contributed by atoms with Gasteiger partial charge in [-0.15, -0.1) is 0 Å². The number of hydrogen-bond acceptors (Lipinski definition) is 5. The Kier molecular flexibility index (Phi) is 7.21. The minimum Gasteiger partial charge on any atom is -0.449 e. The molecule has 0 aromatic heterocycles. The number of likely N-dealkylation sites (tertiary alicyclic amines) is 1. The molecule has 1 fully saturated rings. The van der Waals surface area contributed by atoms with Crippen molar-refractivity contribution in [1.29, 1.82) is 0 Å². The molecule has 2 rings (SSSR count). The predicted molar refractivity (Wildman–Crippen MR) is 97.1 cm³/mol. The fraction of sp³-hybridized carbons (Fsp3) is 0.556. The molecule has 1 aromatic rings. The summed E-state index contributed by atoms with van der Waals surface area (Å²) in [5, 5.41) is 2.73. The third-order valence-corrected chi connectivity index (χ3v) is 4.56. The van der Waals surface area contributed by atoms with E-state index in [9.17, 15) is 9.59 Å². The number of nitrogens with one attached hydrogen (secondary N) is 1. The highest BCUT2D eigenvalue weighted by Crippen LogP contribution is 2.18. The van der Waals surface area contributed by atoms with Crippen molar-refractivity contribution in [3.8, 4) is 0 Å². The van der Waals surface area contributed by atoms with Gasteiger partial charge in [0.05, 0.1) is 12.6 Å². The van der Waals surface area contributed by atoms with Gasteiger partial charge >= 0.3 is 6.09 Å². The van der Waals surface area contributed by atoms with Gasteiger partial charge in [0.15, 0.2) is 0 Å². The Hall–Kier alpha value is -2.12. The lowest BCUT2D eigenvalue weighted by Crippen LogP contribution is -2.50.